The molecular formula is C28H40N4O8. The number of ether oxygens (including phenoxy) is 1. The SMILES string of the molecule is CCCCCCCCCC(=O)N[C@@H](Cc1ccc(O)cc1)C(=O)Nc1ccn([C@H]2O[C@@H](CO)[C@H](O)[C@H]2O)c(=O)n1. The molecule has 12 heteroatoms. The Morgan fingerprint density at radius 3 is 2.33 bits per heavy atom. The van der Waals surface area contributed by atoms with E-state index in [9.17, 15) is 34.8 Å². The van der Waals surface area contributed by atoms with Crippen molar-refractivity contribution in [1.82, 2.24) is 14.9 Å². The summed E-state index contributed by atoms with van der Waals surface area (Å²) in [4.78, 5) is 42.3. The predicted octanol–water partition coefficient (Wildman–Crippen LogP) is 1.37. The van der Waals surface area contributed by atoms with Crippen molar-refractivity contribution in [3.63, 3.8) is 0 Å². The predicted molar refractivity (Wildman–Crippen MR) is 146 cm³/mol. The van der Waals surface area contributed by atoms with E-state index in [-0.39, 0.29) is 30.3 Å². The molecule has 0 spiro atoms. The van der Waals surface area contributed by atoms with Crippen LogP contribution in [0.25, 0.3) is 0 Å². The fourth-order valence-corrected chi connectivity index (χ4v) is 4.59. The van der Waals surface area contributed by atoms with E-state index in [1.807, 2.05) is 0 Å². The summed E-state index contributed by atoms with van der Waals surface area (Å²) in [5.74, 6) is -0.847. The van der Waals surface area contributed by atoms with Crippen molar-refractivity contribution in [2.75, 3.05) is 11.9 Å². The van der Waals surface area contributed by atoms with Crippen molar-refractivity contribution in [2.24, 2.45) is 0 Å². The molecule has 1 fully saturated rings. The summed E-state index contributed by atoms with van der Waals surface area (Å²) in [5.41, 5.74) is -0.146. The van der Waals surface area contributed by atoms with Gasteiger partial charge >= 0.3 is 5.69 Å². The molecule has 1 aromatic heterocycles. The van der Waals surface area contributed by atoms with Gasteiger partial charge in [0.2, 0.25) is 11.8 Å². The summed E-state index contributed by atoms with van der Waals surface area (Å²) < 4.78 is 6.32. The number of amides is 2. The van der Waals surface area contributed by atoms with E-state index in [0.717, 1.165) is 23.8 Å². The average Bonchev–Trinajstić information content (AvgIpc) is 3.22. The number of carbonyl (C=O) groups excluding carboxylic acids is 2. The number of nitrogens with zero attached hydrogens (tertiary/aromatic N) is 2. The number of aliphatic hydroxyl groups excluding tert-OH is 3. The maximum atomic E-state index is 13.2. The zero-order chi connectivity index (χ0) is 29.1. The van der Waals surface area contributed by atoms with Crippen LogP contribution in [0.15, 0.2) is 41.3 Å². The van der Waals surface area contributed by atoms with Gasteiger partial charge in [-0.05, 0) is 30.2 Å². The number of phenols is 1. The van der Waals surface area contributed by atoms with Crippen molar-refractivity contribution in [3.05, 3.63) is 52.6 Å². The molecule has 2 aromatic rings. The number of hydrogen-bond donors (Lipinski definition) is 6. The molecule has 5 atom stereocenters. The summed E-state index contributed by atoms with van der Waals surface area (Å²) in [6.07, 6.45) is 3.94. The Morgan fingerprint density at radius 1 is 1.02 bits per heavy atom. The van der Waals surface area contributed by atoms with Gasteiger partial charge in [0.05, 0.1) is 6.61 Å². The molecule has 0 bridgehead atoms. The quantitative estimate of drug-likeness (QED) is 0.175. The Kier molecular flexibility index (Phi) is 12.1. The van der Waals surface area contributed by atoms with Crippen molar-refractivity contribution >= 4 is 17.6 Å². The first-order chi connectivity index (χ1) is 19.2. The van der Waals surface area contributed by atoms with Crippen LogP contribution in [0, 0.1) is 0 Å². The average molecular weight is 561 g/mol. The molecular weight excluding hydrogens is 520 g/mol. The van der Waals surface area contributed by atoms with Crippen LogP contribution < -0.4 is 16.3 Å². The number of phenolic OH excluding ortho intramolecular Hbond substituents is 1. The maximum Gasteiger partial charge on any atom is 0.351 e. The molecule has 2 amide bonds. The van der Waals surface area contributed by atoms with Crippen LogP contribution in [0.1, 0.15) is 70.1 Å². The fraction of sp³-hybridized carbons (Fsp3) is 0.571. The smallest absolute Gasteiger partial charge is 0.351 e. The van der Waals surface area contributed by atoms with Crippen LogP contribution in [-0.4, -0.2) is 72.8 Å². The van der Waals surface area contributed by atoms with Gasteiger partial charge in [-0.25, -0.2) is 4.79 Å². The van der Waals surface area contributed by atoms with Crippen molar-refractivity contribution in [3.8, 4) is 5.75 Å². The Hall–Kier alpha value is -3.32. The van der Waals surface area contributed by atoms with Gasteiger partial charge in [-0.15, -0.1) is 0 Å². The van der Waals surface area contributed by atoms with E-state index in [2.05, 4.69) is 22.5 Å². The molecule has 0 aliphatic carbocycles. The molecule has 12 nitrogen and oxygen atoms in total. The summed E-state index contributed by atoms with van der Waals surface area (Å²) in [6, 6.07) is 6.64. The van der Waals surface area contributed by atoms with E-state index < -0.39 is 48.8 Å². The number of nitrogens with one attached hydrogen (secondary N) is 2. The topological polar surface area (TPSA) is 183 Å². The van der Waals surface area contributed by atoms with Crippen LogP contribution in [0.5, 0.6) is 5.75 Å². The van der Waals surface area contributed by atoms with Gasteiger partial charge in [-0.1, -0.05) is 57.6 Å². The highest BCUT2D eigenvalue weighted by Crippen LogP contribution is 2.28. The molecule has 220 valence electrons. The highest BCUT2D eigenvalue weighted by Gasteiger charge is 2.43. The summed E-state index contributed by atoms with van der Waals surface area (Å²) in [7, 11) is 0. The third kappa shape index (κ3) is 8.85. The highest BCUT2D eigenvalue weighted by atomic mass is 16.6. The van der Waals surface area contributed by atoms with Crippen LogP contribution in [0.3, 0.4) is 0 Å². The normalized spacial score (nSPS) is 21.2. The fourth-order valence-electron chi connectivity index (χ4n) is 4.59. The van der Waals surface area contributed by atoms with E-state index in [4.69, 9.17) is 4.74 Å². The number of aromatic hydroxyl groups is 1. The van der Waals surface area contributed by atoms with Crippen LogP contribution in [0.2, 0.25) is 0 Å². The minimum atomic E-state index is -1.46. The van der Waals surface area contributed by atoms with E-state index in [1.54, 1.807) is 12.1 Å². The Morgan fingerprint density at radius 2 is 1.70 bits per heavy atom. The molecule has 40 heavy (non-hydrogen) atoms. The molecule has 1 aliphatic heterocycles. The van der Waals surface area contributed by atoms with Gasteiger partial charge in [0, 0.05) is 19.0 Å². The lowest BCUT2D eigenvalue weighted by atomic mass is 10.0. The molecule has 6 N–H and O–H groups in total. The standard InChI is InChI=1S/C28H40N4O8/c1-2-3-4-5-6-7-8-9-23(35)29-20(16-18-10-12-19(34)13-11-18)26(38)30-22-14-15-32(28(39)31-22)27-25(37)24(36)21(17-33)40-27/h10-15,20-21,24-25,27,33-34,36-37H,2-9,16-17H2,1H3,(H,29,35)(H,30,31,38,39)/t20-,21-,24-,25+,27-/m0/s1. The lowest BCUT2D eigenvalue weighted by molar-refractivity contribution is -0.126. The molecule has 0 saturated carbocycles. The lowest BCUT2D eigenvalue weighted by Gasteiger charge is -2.20. The van der Waals surface area contributed by atoms with Gasteiger partial charge < -0.3 is 35.8 Å². The third-order valence-electron chi connectivity index (χ3n) is 6.91. The van der Waals surface area contributed by atoms with Crippen molar-refractivity contribution in [1.29, 1.82) is 0 Å². The van der Waals surface area contributed by atoms with Gasteiger partial charge in [-0.2, -0.15) is 4.98 Å². The number of unbranched alkanes of at least 4 members (excludes halogenated alkanes) is 6. The second-order valence-corrected chi connectivity index (χ2v) is 10.1. The number of hydrogen-bond acceptors (Lipinski definition) is 9. The van der Waals surface area contributed by atoms with Gasteiger partial charge in [0.25, 0.3) is 0 Å². The first-order valence-electron chi connectivity index (χ1n) is 13.8. The number of benzene rings is 1. The zero-order valence-corrected chi connectivity index (χ0v) is 22.7. The number of carbonyl (C=O) groups is 2. The molecule has 0 radical (unpaired) electrons. The summed E-state index contributed by atoms with van der Waals surface area (Å²) in [5, 5.41) is 44.3. The van der Waals surface area contributed by atoms with E-state index in [1.165, 1.54) is 43.7 Å². The molecule has 3 rings (SSSR count). The maximum absolute atomic E-state index is 13.2. The third-order valence-corrected chi connectivity index (χ3v) is 6.91. The first-order valence-corrected chi connectivity index (χ1v) is 13.8. The number of aromatic nitrogens is 2. The molecule has 2 heterocycles. The molecule has 0 unspecified atom stereocenters. The second-order valence-electron chi connectivity index (χ2n) is 10.1. The lowest BCUT2D eigenvalue weighted by Crippen LogP contribution is -2.45. The van der Waals surface area contributed by atoms with Crippen molar-refractivity contribution in [2.45, 2.75) is 95.3 Å². The molecule has 1 saturated heterocycles. The summed E-state index contributed by atoms with van der Waals surface area (Å²) >= 11 is 0. The second kappa shape index (κ2) is 15.5. The number of aliphatic hydroxyl groups is 3. The van der Waals surface area contributed by atoms with E-state index >= 15 is 0 Å². The van der Waals surface area contributed by atoms with Crippen LogP contribution in [-0.2, 0) is 20.7 Å². The highest BCUT2D eigenvalue weighted by molar-refractivity contribution is 5.96. The summed E-state index contributed by atoms with van der Waals surface area (Å²) in [6.45, 7) is 1.62. The minimum Gasteiger partial charge on any atom is -0.508 e. The number of rotatable bonds is 15. The Balaban J connectivity index is 1.64. The monoisotopic (exact) mass is 560 g/mol. The molecule has 1 aliphatic rings. The largest absolute Gasteiger partial charge is 0.508 e. The van der Waals surface area contributed by atoms with Crippen LogP contribution >= 0.6 is 0 Å². The zero-order valence-electron chi connectivity index (χ0n) is 22.7. The van der Waals surface area contributed by atoms with Crippen molar-refractivity contribution < 1.29 is 34.8 Å². The minimum absolute atomic E-state index is 0.0740. The van der Waals surface area contributed by atoms with Gasteiger partial charge in [-0.3, -0.25) is 14.2 Å². The van der Waals surface area contributed by atoms with Gasteiger partial charge in [0.1, 0.15) is 35.9 Å². The molecule has 1 aromatic carbocycles. The first kappa shape index (κ1) is 31.2. The van der Waals surface area contributed by atoms with E-state index in [0.29, 0.717) is 12.0 Å². The van der Waals surface area contributed by atoms with Gasteiger partial charge in [0.15, 0.2) is 6.23 Å². The van der Waals surface area contributed by atoms with Crippen LogP contribution in [0.4, 0.5) is 5.82 Å². The Bertz CT molecular complexity index is 1160. The number of anilines is 1. The Labute approximate surface area is 233 Å².